The Kier molecular flexibility index (Phi) is 6.03. The third-order valence-corrected chi connectivity index (χ3v) is 8.42. The Morgan fingerprint density at radius 1 is 1.24 bits per heavy atom. The van der Waals surface area contributed by atoms with Gasteiger partial charge in [-0.25, -0.2) is 0 Å². The second-order valence-corrected chi connectivity index (χ2v) is 11.4. The average molecular weight is 306 g/mol. The van der Waals surface area contributed by atoms with Crippen LogP contribution in [0, 0.1) is 12.3 Å². The Bertz CT molecular complexity index is 510. The summed E-state index contributed by atoms with van der Waals surface area (Å²) in [5, 5.41) is 0.196. The van der Waals surface area contributed by atoms with Crippen LogP contribution in [0.15, 0.2) is 18.2 Å². The van der Waals surface area contributed by atoms with Crippen LogP contribution in [0.5, 0.6) is 5.75 Å². The third-order valence-electron chi connectivity index (χ3n) is 3.94. The second-order valence-electron chi connectivity index (χ2n) is 6.57. The summed E-state index contributed by atoms with van der Waals surface area (Å²) in [4.78, 5) is 0. The van der Waals surface area contributed by atoms with Crippen molar-refractivity contribution < 1.29 is 13.9 Å². The molecule has 0 heterocycles. The lowest BCUT2D eigenvalue weighted by Gasteiger charge is -2.36. The van der Waals surface area contributed by atoms with Gasteiger partial charge in [-0.15, -0.1) is 6.42 Å². The van der Waals surface area contributed by atoms with E-state index in [0.717, 1.165) is 11.1 Å². The SMILES string of the molecule is C#Cc1ccc(CO[Si](C)(C)C(C)(C)C)cc1OCOC. The van der Waals surface area contributed by atoms with Gasteiger partial charge in [0.15, 0.2) is 15.1 Å². The molecule has 0 aliphatic carbocycles. The minimum Gasteiger partial charge on any atom is -0.466 e. The van der Waals surface area contributed by atoms with Gasteiger partial charge >= 0.3 is 0 Å². The standard InChI is InChI=1S/C17H26O3Si/c1-8-15-10-9-14(11-16(15)19-13-18-5)12-20-21(6,7)17(2,3)4/h1,9-11H,12-13H2,2-7H3. The number of methoxy groups -OCH3 is 1. The molecule has 0 aliphatic heterocycles. The Hall–Kier alpha value is -1.28. The summed E-state index contributed by atoms with van der Waals surface area (Å²) in [5.41, 5.74) is 1.79. The highest BCUT2D eigenvalue weighted by Gasteiger charge is 2.37. The van der Waals surface area contributed by atoms with Crippen molar-refractivity contribution in [1.29, 1.82) is 0 Å². The maximum atomic E-state index is 6.21. The first kappa shape index (κ1) is 17.8. The molecule has 1 rings (SSSR count). The van der Waals surface area contributed by atoms with E-state index in [2.05, 4.69) is 39.8 Å². The molecule has 0 unspecified atom stereocenters. The predicted octanol–water partition coefficient (Wildman–Crippen LogP) is 4.17. The van der Waals surface area contributed by atoms with E-state index in [4.69, 9.17) is 20.3 Å². The molecule has 0 N–H and O–H groups in total. The summed E-state index contributed by atoms with van der Waals surface area (Å²) in [7, 11) is -0.175. The zero-order chi connectivity index (χ0) is 16.1. The first-order chi connectivity index (χ1) is 9.71. The normalized spacial score (nSPS) is 12.0. The third kappa shape index (κ3) is 4.89. The van der Waals surface area contributed by atoms with Crippen LogP contribution < -0.4 is 4.74 Å². The minimum absolute atomic E-state index is 0.182. The summed E-state index contributed by atoms with van der Waals surface area (Å²) < 4.78 is 16.7. The van der Waals surface area contributed by atoms with Gasteiger partial charge in [-0.2, -0.15) is 0 Å². The van der Waals surface area contributed by atoms with Gasteiger partial charge in [-0.05, 0) is 35.8 Å². The van der Waals surface area contributed by atoms with E-state index in [1.165, 1.54) is 0 Å². The van der Waals surface area contributed by atoms with Gasteiger partial charge in [0.25, 0.3) is 0 Å². The molecule has 116 valence electrons. The minimum atomic E-state index is -1.76. The Balaban J connectivity index is 2.83. The van der Waals surface area contributed by atoms with E-state index < -0.39 is 8.32 Å². The molecule has 0 saturated heterocycles. The zero-order valence-electron chi connectivity index (χ0n) is 13.9. The van der Waals surface area contributed by atoms with Crippen molar-refractivity contribution in [2.75, 3.05) is 13.9 Å². The molecule has 3 nitrogen and oxygen atoms in total. The van der Waals surface area contributed by atoms with Gasteiger partial charge in [0.05, 0.1) is 12.2 Å². The maximum Gasteiger partial charge on any atom is 0.192 e. The zero-order valence-corrected chi connectivity index (χ0v) is 14.9. The smallest absolute Gasteiger partial charge is 0.192 e. The molecule has 0 spiro atoms. The highest BCUT2D eigenvalue weighted by Crippen LogP contribution is 2.37. The fourth-order valence-electron chi connectivity index (χ4n) is 1.50. The maximum absolute atomic E-state index is 6.21. The number of benzene rings is 1. The molecule has 0 bridgehead atoms. The van der Waals surface area contributed by atoms with E-state index in [-0.39, 0.29) is 11.8 Å². The van der Waals surface area contributed by atoms with Gasteiger partial charge in [0.1, 0.15) is 5.75 Å². The molecule has 0 saturated carbocycles. The Labute approximate surface area is 129 Å². The van der Waals surface area contributed by atoms with Crippen LogP contribution in [0.4, 0.5) is 0 Å². The molecule has 4 heteroatoms. The lowest BCUT2D eigenvalue weighted by Crippen LogP contribution is -2.40. The summed E-state index contributed by atoms with van der Waals surface area (Å²) >= 11 is 0. The summed E-state index contributed by atoms with van der Waals surface area (Å²) in [6.07, 6.45) is 5.48. The Morgan fingerprint density at radius 3 is 2.43 bits per heavy atom. The van der Waals surface area contributed by atoms with Crippen molar-refractivity contribution >= 4 is 8.32 Å². The van der Waals surface area contributed by atoms with E-state index in [1.807, 2.05) is 18.2 Å². The van der Waals surface area contributed by atoms with Crippen molar-refractivity contribution in [2.45, 2.75) is 45.5 Å². The summed E-state index contributed by atoms with van der Waals surface area (Å²) in [6.45, 7) is 11.9. The Morgan fingerprint density at radius 2 is 1.90 bits per heavy atom. The van der Waals surface area contributed by atoms with Gasteiger partial charge in [-0.1, -0.05) is 32.8 Å². The van der Waals surface area contributed by atoms with Gasteiger partial charge in [0, 0.05) is 7.11 Å². The van der Waals surface area contributed by atoms with E-state index in [0.29, 0.717) is 12.4 Å². The van der Waals surface area contributed by atoms with E-state index in [9.17, 15) is 0 Å². The van der Waals surface area contributed by atoms with Crippen LogP contribution in [0.3, 0.4) is 0 Å². The molecule has 1 aromatic rings. The van der Waals surface area contributed by atoms with Crippen molar-refractivity contribution in [3.63, 3.8) is 0 Å². The topological polar surface area (TPSA) is 27.7 Å². The summed E-state index contributed by atoms with van der Waals surface area (Å²) in [5.74, 6) is 3.28. The predicted molar refractivity (Wildman–Crippen MR) is 88.9 cm³/mol. The number of hydrogen-bond donors (Lipinski definition) is 0. The van der Waals surface area contributed by atoms with E-state index in [1.54, 1.807) is 7.11 Å². The molecule has 0 amide bonds. The first-order valence-electron chi connectivity index (χ1n) is 7.06. The molecule has 0 aliphatic rings. The van der Waals surface area contributed by atoms with Gasteiger partial charge < -0.3 is 13.9 Å². The molecular formula is C17H26O3Si. The molecule has 21 heavy (non-hydrogen) atoms. The number of terminal acetylenes is 1. The molecular weight excluding hydrogens is 280 g/mol. The van der Waals surface area contributed by atoms with Crippen LogP contribution in [0.1, 0.15) is 31.9 Å². The van der Waals surface area contributed by atoms with Crippen LogP contribution in [-0.2, 0) is 15.8 Å². The first-order valence-corrected chi connectivity index (χ1v) is 9.97. The van der Waals surface area contributed by atoms with Crippen LogP contribution in [0.25, 0.3) is 0 Å². The lowest BCUT2D eigenvalue weighted by molar-refractivity contribution is 0.0508. The molecule has 0 aromatic heterocycles. The van der Waals surface area contributed by atoms with Gasteiger partial charge in [0.2, 0.25) is 0 Å². The number of rotatable bonds is 6. The molecule has 1 aromatic carbocycles. The second kappa shape index (κ2) is 7.12. The molecule has 0 fully saturated rings. The van der Waals surface area contributed by atoms with Crippen LogP contribution in [0.2, 0.25) is 18.1 Å². The molecule has 0 radical (unpaired) electrons. The highest BCUT2D eigenvalue weighted by atomic mass is 28.4. The summed E-state index contributed by atoms with van der Waals surface area (Å²) in [6, 6.07) is 5.80. The fourth-order valence-corrected chi connectivity index (χ4v) is 2.46. The van der Waals surface area contributed by atoms with E-state index >= 15 is 0 Å². The number of hydrogen-bond acceptors (Lipinski definition) is 3. The monoisotopic (exact) mass is 306 g/mol. The lowest BCUT2D eigenvalue weighted by atomic mass is 10.1. The van der Waals surface area contributed by atoms with Gasteiger partial charge in [-0.3, -0.25) is 0 Å². The van der Waals surface area contributed by atoms with Crippen molar-refractivity contribution in [1.82, 2.24) is 0 Å². The van der Waals surface area contributed by atoms with Crippen molar-refractivity contribution in [2.24, 2.45) is 0 Å². The average Bonchev–Trinajstić information content (AvgIpc) is 2.41. The van der Waals surface area contributed by atoms with Crippen molar-refractivity contribution in [3.8, 4) is 18.1 Å². The quantitative estimate of drug-likeness (QED) is 0.448. The van der Waals surface area contributed by atoms with Crippen LogP contribution >= 0.6 is 0 Å². The molecule has 0 atom stereocenters. The largest absolute Gasteiger partial charge is 0.466 e. The highest BCUT2D eigenvalue weighted by molar-refractivity contribution is 6.74. The van der Waals surface area contributed by atoms with Crippen molar-refractivity contribution in [3.05, 3.63) is 29.3 Å². The number of ether oxygens (including phenoxy) is 2. The fraction of sp³-hybridized carbons (Fsp3) is 0.529. The van der Waals surface area contributed by atoms with Crippen LogP contribution in [-0.4, -0.2) is 22.2 Å².